The van der Waals surface area contributed by atoms with Gasteiger partial charge in [0.1, 0.15) is 0 Å². The number of halogens is 4. The van der Waals surface area contributed by atoms with Gasteiger partial charge in [-0.1, -0.05) is 10.3 Å². The zero-order chi connectivity index (χ0) is 32.1. The number of hydrogen-bond donors (Lipinski definition) is 5. The van der Waals surface area contributed by atoms with Crippen LogP contribution in [0.15, 0.2) is 21.3 Å². The van der Waals surface area contributed by atoms with E-state index in [1.54, 1.807) is 13.8 Å². The number of amides is 1. The molecule has 0 radical (unpaired) electrons. The molecular weight excluding hydrogens is 578 g/mol. The molecule has 1 aromatic carbocycles. The first kappa shape index (κ1) is 37.3. The fourth-order valence-corrected chi connectivity index (χ4v) is 4.67. The molecule has 0 saturated heterocycles. The molecule has 1 aromatic rings. The van der Waals surface area contributed by atoms with Gasteiger partial charge in [-0.05, 0) is 98.0 Å². The number of rotatable bonds is 18. The Morgan fingerprint density at radius 3 is 1.74 bits per heavy atom. The van der Waals surface area contributed by atoms with Gasteiger partial charge in [-0.25, -0.2) is 17.6 Å². The normalized spacial score (nSPS) is 13.8. The number of benzene rings is 1. The Balaban J connectivity index is 2.58. The van der Waals surface area contributed by atoms with Gasteiger partial charge in [0.2, 0.25) is 5.91 Å². The largest absolute Gasteiger partial charge is 0.411 e. The highest BCUT2D eigenvalue weighted by atomic mass is 32.2. The van der Waals surface area contributed by atoms with Gasteiger partial charge in [0, 0.05) is 25.5 Å². The van der Waals surface area contributed by atoms with E-state index in [0.717, 1.165) is 12.8 Å². The molecule has 0 fully saturated rings. The van der Waals surface area contributed by atoms with E-state index < -0.39 is 44.4 Å². The number of carbonyl (C=O) groups is 2. The van der Waals surface area contributed by atoms with Gasteiger partial charge in [0.15, 0.2) is 28.4 Å². The summed E-state index contributed by atoms with van der Waals surface area (Å²) in [4.78, 5) is 23.4. The van der Waals surface area contributed by atoms with Crippen LogP contribution in [-0.4, -0.2) is 63.6 Å². The molecule has 0 aliphatic rings. The van der Waals surface area contributed by atoms with Crippen molar-refractivity contribution in [3.63, 3.8) is 0 Å². The Hall–Kier alpha value is -2.71. The summed E-state index contributed by atoms with van der Waals surface area (Å²) in [6.45, 7) is 12.7. The first-order chi connectivity index (χ1) is 19.5. The molecule has 42 heavy (non-hydrogen) atoms. The lowest BCUT2D eigenvalue weighted by molar-refractivity contribution is -0.121. The zero-order valence-electron chi connectivity index (χ0n) is 25.0. The summed E-state index contributed by atoms with van der Waals surface area (Å²) in [5.74, 6) is -6.56. The Morgan fingerprint density at radius 2 is 1.29 bits per heavy atom. The van der Waals surface area contributed by atoms with Crippen LogP contribution in [0.2, 0.25) is 0 Å². The molecule has 0 aromatic heterocycles. The quantitative estimate of drug-likeness (QED) is 0.0371. The van der Waals surface area contributed by atoms with Crippen molar-refractivity contribution < 1.29 is 37.6 Å². The van der Waals surface area contributed by atoms with Crippen LogP contribution in [0.25, 0.3) is 0 Å². The van der Waals surface area contributed by atoms with E-state index in [4.69, 9.17) is 10.4 Å². The fourth-order valence-electron chi connectivity index (χ4n) is 3.82. The second kappa shape index (κ2) is 17.4. The smallest absolute Gasteiger partial charge is 0.220 e. The summed E-state index contributed by atoms with van der Waals surface area (Å²) in [6, 6.07) is 0.0723. The van der Waals surface area contributed by atoms with Crippen molar-refractivity contribution in [1.82, 2.24) is 16.0 Å². The van der Waals surface area contributed by atoms with E-state index >= 15 is 0 Å². The maximum absolute atomic E-state index is 13.8. The molecule has 1 amide bonds. The molecule has 238 valence electrons. The Kier molecular flexibility index (Phi) is 15.5. The molecule has 0 atom stereocenters. The standard InChI is InChI=1S/C28H43F4N5O4S/c1-17(36-40)27(3,4)34-14-11-19(12-15-35-28(5,6)18(2)37-41)10-13-33-22(38)8-7-9-23(39)42-26-24(31)20(29)16-21(30)25(26)32/h16,19,34-35,40-41H,7-15H2,1-6H3,(H,33,38)/b36-17-,37-18-. The Labute approximate surface area is 249 Å². The van der Waals surface area contributed by atoms with Gasteiger partial charge in [-0.2, -0.15) is 0 Å². The summed E-state index contributed by atoms with van der Waals surface area (Å²) in [5.41, 5.74) is 0.0874. The number of carbonyl (C=O) groups excluding carboxylic acids is 2. The summed E-state index contributed by atoms with van der Waals surface area (Å²) in [7, 11) is 0. The van der Waals surface area contributed by atoms with Crippen molar-refractivity contribution in [3.8, 4) is 0 Å². The van der Waals surface area contributed by atoms with E-state index in [9.17, 15) is 27.2 Å². The molecule has 0 spiro atoms. The highest BCUT2D eigenvalue weighted by Crippen LogP contribution is 2.30. The Morgan fingerprint density at radius 1 is 0.833 bits per heavy atom. The Bertz CT molecular complexity index is 1070. The van der Waals surface area contributed by atoms with E-state index in [0.29, 0.717) is 37.5 Å². The van der Waals surface area contributed by atoms with Crippen molar-refractivity contribution in [2.24, 2.45) is 16.2 Å². The lowest BCUT2D eigenvalue weighted by atomic mass is 9.94. The minimum absolute atomic E-state index is 0.00945. The van der Waals surface area contributed by atoms with Crippen LogP contribution in [-0.2, 0) is 9.59 Å². The molecule has 0 heterocycles. The second-order valence-corrected chi connectivity index (χ2v) is 12.2. The monoisotopic (exact) mass is 621 g/mol. The van der Waals surface area contributed by atoms with Crippen LogP contribution in [0, 0.1) is 29.2 Å². The van der Waals surface area contributed by atoms with Gasteiger partial charge in [0.25, 0.3) is 0 Å². The van der Waals surface area contributed by atoms with Gasteiger partial charge in [-0.3, -0.25) is 9.59 Å². The summed E-state index contributed by atoms with van der Waals surface area (Å²) in [6.07, 6.45) is 2.07. The molecule has 1 rings (SSSR count). The fraction of sp³-hybridized carbons (Fsp3) is 0.643. The number of nitrogens with one attached hydrogen (secondary N) is 3. The zero-order valence-corrected chi connectivity index (χ0v) is 25.9. The lowest BCUT2D eigenvalue weighted by Gasteiger charge is -2.28. The molecule has 14 heteroatoms. The minimum Gasteiger partial charge on any atom is -0.411 e. The average Bonchev–Trinajstić information content (AvgIpc) is 2.92. The van der Waals surface area contributed by atoms with Crippen LogP contribution < -0.4 is 16.0 Å². The minimum atomic E-state index is -1.63. The van der Waals surface area contributed by atoms with Crippen molar-refractivity contribution in [2.75, 3.05) is 19.6 Å². The van der Waals surface area contributed by atoms with Gasteiger partial charge >= 0.3 is 0 Å². The number of thioether (sulfide) groups is 1. The number of oxime groups is 2. The van der Waals surface area contributed by atoms with Crippen molar-refractivity contribution in [3.05, 3.63) is 29.3 Å². The SMILES string of the molecule is C/C(=N/O)C(C)(C)NCCC(CCNC(=O)CCCC(=O)Sc1c(F)c(F)cc(F)c1F)CCNC(C)(C)/C(C)=N\O. The van der Waals surface area contributed by atoms with Crippen molar-refractivity contribution >= 4 is 34.2 Å². The van der Waals surface area contributed by atoms with E-state index in [1.165, 1.54) is 0 Å². The molecule has 0 aliphatic heterocycles. The van der Waals surface area contributed by atoms with Gasteiger partial charge in [-0.15, -0.1) is 0 Å². The van der Waals surface area contributed by atoms with Crippen LogP contribution in [0.5, 0.6) is 0 Å². The molecular formula is C28H43F4N5O4S. The highest BCUT2D eigenvalue weighted by Gasteiger charge is 2.24. The molecule has 5 N–H and O–H groups in total. The molecule has 0 aliphatic carbocycles. The van der Waals surface area contributed by atoms with Crippen LogP contribution in [0.4, 0.5) is 17.6 Å². The maximum Gasteiger partial charge on any atom is 0.220 e. The number of hydrogen-bond acceptors (Lipinski definition) is 9. The maximum atomic E-state index is 13.8. The predicted molar refractivity (Wildman–Crippen MR) is 155 cm³/mol. The summed E-state index contributed by atoms with van der Waals surface area (Å²) >= 11 is 0.0682. The van der Waals surface area contributed by atoms with Crippen LogP contribution in [0.3, 0.4) is 0 Å². The van der Waals surface area contributed by atoms with Crippen LogP contribution in [0.1, 0.15) is 80.1 Å². The molecule has 0 saturated carbocycles. The topological polar surface area (TPSA) is 135 Å². The average molecular weight is 622 g/mol. The highest BCUT2D eigenvalue weighted by molar-refractivity contribution is 8.13. The van der Waals surface area contributed by atoms with Crippen LogP contribution >= 0.6 is 11.8 Å². The van der Waals surface area contributed by atoms with Crippen molar-refractivity contribution in [1.29, 1.82) is 0 Å². The lowest BCUT2D eigenvalue weighted by Crippen LogP contribution is -2.47. The first-order valence-corrected chi connectivity index (χ1v) is 14.6. The number of nitrogens with zero attached hydrogens (tertiary/aromatic N) is 2. The third-order valence-corrected chi connectivity index (χ3v) is 8.29. The third kappa shape index (κ3) is 12.3. The third-order valence-electron chi connectivity index (χ3n) is 7.29. The predicted octanol–water partition coefficient (Wildman–Crippen LogP) is 5.37. The van der Waals surface area contributed by atoms with Gasteiger partial charge < -0.3 is 26.4 Å². The van der Waals surface area contributed by atoms with E-state index in [1.807, 2.05) is 27.7 Å². The summed E-state index contributed by atoms with van der Waals surface area (Å²) in [5, 5.41) is 33.6. The van der Waals surface area contributed by atoms with E-state index in [-0.39, 0.29) is 48.9 Å². The molecule has 9 nitrogen and oxygen atoms in total. The molecule has 0 unspecified atom stereocenters. The molecule has 0 bridgehead atoms. The van der Waals surface area contributed by atoms with E-state index in [2.05, 4.69) is 26.3 Å². The second-order valence-electron chi connectivity index (χ2n) is 11.2. The van der Waals surface area contributed by atoms with Gasteiger partial charge in [0.05, 0.1) is 27.4 Å². The van der Waals surface area contributed by atoms with Crippen molar-refractivity contribution in [2.45, 2.75) is 96.0 Å². The first-order valence-electron chi connectivity index (χ1n) is 13.7. The summed E-state index contributed by atoms with van der Waals surface area (Å²) < 4.78 is 54.2.